The average molecular weight is 582 g/mol. The molecule has 0 radical (unpaired) electrons. The molecule has 0 spiro atoms. The van der Waals surface area contributed by atoms with Gasteiger partial charge in [0.1, 0.15) is 23.5 Å². The number of pyridine rings is 2. The molecule has 7 rings (SSSR count). The van der Waals surface area contributed by atoms with Gasteiger partial charge in [-0.15, -0.1) is 10.2 Å². The van der Waals surface area contributed by atoms with Gasteiger partial charge in [-0.2, -0.15) is 4.98 Å². The molecule has 0 amide bonds. The van der Waals surface area contributed by atoms with E-state index in [-0.39, 0.29) is 11.4 Å². The number of aromatic nitrogens is 6. The lowest BCUT2D eigenvalue weighted by molar-refractivity contribution is 0.175. The first-order chi connectivity index (χ1) is 20.9. The van der Waals surface area contributed by atoms with Crippen molar-refractivity contribution in [1.29, 1.82) is 0 Å². The molecular weight excluding hydrogens is 545 g/mol. The van der Waals surface area contributed by atoms with Crippen molar-refractivity contribution in [1.82, 2.24) is 34.2 Å². The number of aryl methyl sites for hydroxylation is 1. The van der Waals surface area contributed by atoms with Gasteiger partial charge in [0.05, 0.1) is 6.61 Å². The van der Waals surface area contributed by atoms with Gasteiger partial charge < -0.3 is 14.3 Å². The van der Waals surface area contributed by atoms with E-state index in [0.29, 0.717) is 47.0 Å². The predicted molar refractivity (Wildman–Crippen MR) is 164 cm³/mol. The number of likely N-dealkylation sites (tertiary alicyclic amines) is 1. The maximum absolute atomic E-state index is 14.5. The minimum Gasteiger partial charge on any atom is -0.478 e. The standard InChI is InChI=1S/C33H36FN7O2/c1-4-43-30-13-22(25-10-9-23(34)14-27(25)32-38-35-19-39(32)3)12-29(37-30)41-18-28(21-7-8-21)26-15-24(36-31(26)33(41)42)17-40-11-5-6-20(2)16-40/h9-10,12-15,18-21,36H,4-8,11,16-17H2,1-3H3/t20-/m0/s1. The second-order valence-corrected chi connectivity index (χ2v) is 12.0. The largest absolute Gasteiger partial charge is 0.478 e. The number of ether oxygens (including phenoxy) is 1. The Bertz CT molecular complexity index is 1870. The van der Waals surface area contributed by atoms with Crippen LogP contribution in [-0.4, -0.2) is 53.9 Å². The minimum absolute atomic E-state index is 0.155. The van der Waals surface area contributed by atoms with Crippen LogP contribution in [0.3, 0.4) is 0 Å². The van der Waals surface area contributed by atoms with Gasteiger partial charge in [-0.25, -0.2) is 4.39 Å². The second-order valence-electron chi connectivity index (χ2n) is 12.0. The zero-order valence-corrected chi connectivity index (χ0v) is 24.8. The molecule has 1 N–H and O–H groups in total. The predicted octanol–water partition coefficient (Wildman–Crippen LogP) is 5.82. The van der Waals surface area contributed by atoms with E-state index in [4.69, 9.17) is 9.72 Å². The fourth-order valence-corrected chi connectivity index (χ4v) is 6.41. The van der Waals surface area contributed by atoms with Crippen molar-refractivity contribution in [2.75, 3.05) is 19.7 Å². The fraction of sp³-hybridized carbons (Fsp3) is 0.394. The van der Waals surface area contributed by atoms with Gasteiger partial charge in [-0.05, 0) is 91.9 Å². The van der Waals surface area contributed by atoms with Crippen LogP contribution in [0.2, 0.25) is 0 Å². The van der Waals surface area contributed by atoms with Crippen molar-refractivity contribution in [3.05, 3.63) is 76.4 Å². The monoisotopic (exact) mass is 581 g/mol. The summed E-state index contributed by atoms with van der Waals surface area (Å²) >= 11 is 0. The van der Waals surface area contributed by atoms with Gasteiger partial charge >= 0.3 is 0 Å². The highest BCUT2D eigenvalue weighted by atomic mass is 19.1. The van der Waals surface area contributed by atoms with E-state index in [2.05, 4.69) is 33.1 Å². The number of hydrogen-bond donors (Lipinski definition) is 1. The lowest BCUT2D eigenvalue weighted by Gasteiger charge is -2.30. The molecule has 1 aliphatic heterocycles. The summed E-state index contributed by atoms with van der Waals surface area (Å²) in [6, 6.07) is 10.4. The molecule has 5 aromatic rings. The van der Waals surface area contributed by atoms with E-state index in [1.54, 1.807) is 21.5 Å². The van der Waals surface area contributed by atoms with Crippen LogP contribution in [0.1, 0.15) is 56.7 Å². The van der Waals surface area contributed by atoms with Gasteiger partial charge in [0, 0.05) is 49.0 Å². The SMILES string of the molecule is CCOc1cc(-c2ccc(F)cc2-c2nncn2C)cc(-n2cc(C3CC3)c3cc(CN4CCC[C@H](C)C4)[nH]c3c2=O)n1. The molecule has 1 aromatic carbocycles. The van der Waals surface area contributed by atoms with Gasteiger partial charge in [0.15, 0.2) is 5.82 Å². The molecule has 1 saturated carbocycles. The number of nitrogens with zero attached hydrogens (tertiary/aromatic N) is 6. The van der Waals surface area contributed by atoms with Crippen molar-refractivity contribution >= 4 is 10.9 Å². The molecule has 2 fully saturated rings. The first-order valence-corrected chi connectivity index (χ1v) is 15.2. The van der Waals surface area contributed by atoms with E-state index < -0.39 is 0 Å². The van der Waals surface area contributed by atoms with Gasteiger partial charge in [-0.1, -0.05) is 13.0 Å². The number of fused-ring (bicyclic) bond motifs is 1. The Morgan fingerprint density at radius 1 is 1.12 bits per heavy atom. The summed E-state index contributed by atoms with van der Waals surface area (Å²) in [5, 5.41) is 9.22. The summed E-state index contributed by atoms with van der Waals surface area (Å²) in [7, 11) is 1.82. The van der Waals surface area contributed by atoms with Gasteiger partial charge in [0.25, 0.3) is 5.56 Å². The van der Waals surface area contributed by atoms with Crippen molar-refractivity contribution in [2.24, 2.45) is 13.0 Å². The number of benzene rings is 1. The van der Waals surface area contributed by atoms with E-state index in [1.807, 2.05) is 32.3 Å². The summed E-state index contributed by atoms with van der Waals surface area (Å²) in [5.74, 6) is 2.09. The number of nitrogens with one attached hydrogen (secondary N) is 1. The third-order valence-electron chi connectivity index (χ3n) is 8.61. The smallest absolute Gasteiger partial charge is 0.280 e. The minimum atomic E-state index is -0.377. The molecule has 1 aliphatic carbocycles. The molecule has 1 atom stereocenters. The van der Waals surface area contributed by atoms with E-state index in [0.717, 1.165) is 60.2 Å². The average Bonchev–Trinajstić information content (AvgIpc) is 3.60. The Morgan fingerprint density at radius 2 is 1.98 bits per heavy atom. The van der Waals surface area contributed by atoms with Crippen LogP contribution in [0.5, 0.6) is 5.88 Å². The molecule has 0 unspecified atom stereocenters. The van der Waals surface area contributed by atoms with Crippen molar-refractivity contribution < 1.29 is 9.13 Å². The van der Waals surface area contributed by atoms with Crippen LogP contribution in [0.4, 0.5) is 4.39 Å². The maximum Gasteiger partial charge on any atom is 0.280 e. The fourth-order valence-electron chi connectivity index (χ4n) is 6.41. The Balaban J connectivity index is 1.36. The molecular formula is C33H36FN7O2. The van der Waals surface area contributed by atoms with Crippen LogP contribution < -0.4 is 10.3 Å². The summed E-state index contributed by atoms with van der Waals surface area (Å²) in [5.41, 5.74) is 4.73. The van der Waals surface area contributed by atoms with Crippen LogP contribution >= 0.6 is 0 Å². The zero-order valence-electron chi connectivity index (χ0n) is 24.8. The Labute approximate surface area is 249 Å². The quantitative estimate of drug-likeness (QED) is 0.248. The number of piperidine rings is 1. The number of aromatic amines is 1. The maximum atomic E-state index is 14.5. The third-order valence-corrected chi connectivity index (χ3v) is 8.61. The number of rotatable bonds is 8. The summed E-state index contributed by atoms with van der Waals surface area (Å²) in [6.07, 6.45) is 8.22. The lowest BCUT2D eigenvalue weighted by Crippen LogP contribution is -2.33. The topological polar surface area (TPSA) is 93.9 Å². The molecule has 222 valence electrons. The highest BCUT2D eigenvalue weighted by molar-refractivity contribution is 5.85. The van der Waals surface area contributed by atoms with Crippen molar-refractivity contribution in [2.45, 2.75) is 52.0 Å². The van der Waals surface area contributed by atoms with Gasteiger partial charge in [-0.3, -0.25) is 14.3 Å². The molecule has 1 saturated heterocycles. The van der Waals surface area contributed by atoms with Crippen LogP contribution in [-0.2, 0) is 13.6 Å². The summed E-state index contributed by atoms with van der Waals surface area (Å²) in [6.45, 7) is 7.57. The molecule has 2 aliphatic rings. The Hall–Kier alpha value is -4.31. The molecule has 43 heavy (non-hydrogen) atoms. The first-order valence-electron chi connectivity index (χ1n) is 15.2. The van der Waals surface area contributed by atoms with Crippen molar-refractivity contribution in [3.8, 4) is 34.2 Å². The number of H-pyrrole nitrogens is 1. The van der Waals surface area contributed by atoms with E-state index in [9.17, 15) is 9.18 Å². The van der Waals surface area contributed by atoms with Crippen LogP contribution in [0.25, 0.3) is 39.2 Å². The summed E-state index contributed by atoms with van der Waals surface area (Å²) < 4.78 is 23.7. The van der Waals surface area contributed by atoms with Crippen LogP contribution in [0.15, 0.2) is 53.7 Å². The molecule has 5 heterocycles. The second kappa shape index (κ2) is 11.1. The zero-order chi connectivity index (χ0) is 29.7. The molecule has 0 bridgehead atoms. The third kappa shape index (κ3) is 5.35. The molecule has 10 heteroatoms. The normalized spacial score (nSPS) is 17.5. The highest BCUT2D eigenvalue weighted by Crippen LogP contribution is 2.43. The lowest BCUT2D eigenvalue weighted by atomic mass is 9.99. The number of hydrogen-bond acceptors (Lipinski definition) is 6. The van der Waals surface area contributed by atoms with Crippen molar-refractivity contribution in [3.63, 3.8) is 0 Å². The summed E-state index contributed by atoms with van der Waals surface area (Å²) in [4.78, 5) is 24.8. The van der Waals surface area contributed by atoms with Crippen LogP contribution in [0, 0.1) is 11.7 Å². The first kappa shape index (κ1) is 27.5. The van der Waals surface area contributed by atoms with E-state index >= 15 is 0 Å². The van der Waals surface area contributed by atoms with Gasteiger partial charge in [0.2, 0.25) is 5.88 Å². The Morgan fingerprint density at radius 3 is 2.72 bits per heavy atom. The Kier molecular flexibility index (Phi) is 7.09. The molecule has 4 aromatic heterocycles. The highest BCUT2D eigenvalue weighted by Gasteiger charge is 2.29. The molecule has 9 nitrogen and oxygen atoms in total. The number of halogens is 1. The van der Waals surface area contributed by atoms with E-state index in [1.165, 1.54) is 25.0 Å².